The number of quaternary nitrogens is 1. The highest BCUT2D eigenvalue weighted by atomic mass is 32.2. The van der Waals surface area contributed by atoms with Gasteiger partial charge in [0.15, 0.2) is 6.04 Å². The maximum Gasteiger partial charge on any atom is 0.282 e. The van der Waals surface area contributed by atoms with Crippen LogP contribution in [0.15, 0.2) is 53.4 Å². The minimum absolute atomic E-state index is 0.108. The van der Waals surface area contributed by atoms with Crippen LogP contribution in [0.3, 0.4) is 0 Å². The molecule has 0 aromatic heterocycles. The SMILES string of the molecule is C[C@H](C(=O)Nc1cccc(S(=O)(=O)N(C)C)c1)[NH+]1CCc2ccccc2C1. The molecule has 0 spiro atoms. The van der Waals surface area contributed by atoms with E-state index in [4.69, 9.17) is 0 Å². The van der Waals surface area contributed by atoms with Crippen LogP contribution in [0.5, 0.6) is 0 Å². The van der Waals surface area contributed by atoms with Crippen LogP contribution in [0.1, 0.15) is 18.1 Å². The van der Waals surface area contributed by atoms with Gasteiger partial charge in [-0.3, -0.25) is 4.79 Å². The van der Waals surface area contributed by atoms with Gasteiger partial charge in [-0.25, -0.2) is 12.7 Å². The van der Waals surface area contributed by atoms with Crippen molar-refractivity contribution in [3.8, 4) is 0 Å². The van der Waals surface area contributed by atoms with Crippen molar-refractivity contribution in [2.24, 2.45) is 0 Å². The summed E-state index contributed by atoms with van der Waals surface area (Å²) in [6.07, 6.45) is 0.958. The predicted octanol–water partition coefficient (Wildman–Crippen LogP) is 0.905. The highest BCUT2D eigenvalue weighted by Crippen LogP contribution is 2.18. The average molecular weight is 389 g/mol. The number of carbonyl (C=O) groups excluding carboxylic acids is 1. The summed E-state index contributed by atoms with van der Waals surface area (Å²) < 4.78 is 25.7. The van der Waals surface area contributed by atoms with Crippen LogP contribution in [0.2, 0.25) is 0 Å². The molecule has 27 heavy (non-hydrogen) atoms. The molecule has 1 unspecified atom stereocenters. The lowest BCUT2D eigenvalue weighted by Crippen LogP contribution is -3.16. The number of sulfonamides is 1. The summed E-state index contributed by atoms with van der Waals surface area (Å²) in [5.74, 6) is -0.108. The number of hydrogen-bond donors (Lipinski definition) is 2. The fraction of sp³-hybridized carbons (Fsp3) is 0.350. The fourth-order valence-corrected chi connectivity index (χ4v) is 4.30. The van der Waals surface area contributed by atoms with Crippen molar-refractivity contribution in [3.63, 3.8) is 0 Å². The van der Waals surface area contributed by atoms with Crippen molar-refractivity contribution in [2.45, 2.75) is 30.8 Å². The Balaban J connectivity index is 1.71. The fourth-order valence-electron chi connectivity index (χ4n) is 3.35. The molecule has 6 nitrogen and oxygen atoms in total. The minimum atomic E-state index is -3.53. The van der Waals surface area contributed by atoms with Crippen molar-refractivity contribution < 1.29 is 18.1 Å². The van der Waals surface area contributed by atoms with Crippen molar-refractivity contribution in [1.29, 1.82) is 0 Å². The minimum Gasteiger partial charge on any atom is -0.321 e. The molecule has 0 aliphatic carbocycles. The van der Waals surface area contributed by atoms with Gasteiger partial charge >= 0.3 is 0 Å². The lowest BCUT2D eigenvalue weighted by atomic mass is 9.99. The number of amides is 1. The molecule has 7 heteroatoms. The largest absolute Gasteiger partial charge is 0.321 e. The molecule has 2 atom stereocenters. The van der Waals surface area contributed by atoms with E-state index >= 15 is 0 Å². The van der Waals surface area contributed by atoms with Gasteiger partial charge in [0.25, 0.3) is 5.91 Å². The maximum atomic E-state index is 12.7. The second-order valence-corrected chi connectivity index (χ2v) is 9.28. The van der Waals surface area contributed by atoms with E-state index in [2.05, 4.69) is 23.5 Å². The molecular weight excluding hydrogens is 362 g/mol. The molecule has 2 aromatic rings. The van der Waals surface area contributed by atoms with E-state index in [1.165, 1.54) is 42.3 Å². The topological polar surface area (TPSA) is 70.9 Å². The summed E-state index contributed by atoms with van der Waals surface area (Å²) >= 11 is 0. The third kappa shape index (κ3) is 4.21. The van der Waals surface area contributed by atoms with Crippen LogP contribution in [0, 0.1) is 0 Å². The number of carbonyl (C=O) groups is 1. The van der Waals surface area contributed by atoms with E-state index in [0.29, 0.717) is 5.69 Å². The molecule has 1 amide bonds. The molecule has 2 N–H and O–H groups in total. The van der Waals surface area contributed by atoms with E-state index in [0.717, 1.165) is 23.8 Å². The Kier molecular flexibility index (Phi) is 5.64. The quantitative estimate of drug-likeness (QED) is 0.800. The van der Waals surface area contributed by atoms with Gasteiger partial charge in [-0.1, -0.05) is 30.3 Å². The van der Waals surface area contributed by atoms with Crippen LogP contribution in [0.25, 0.3) is 0 Å². The van der Waals surface area contributed by atoms with Crippen LogP contribution in [-0.4, -0.2) is 45.3 Å². The zero-order valence-electron chi connectivity index (χ0n) is 15.9. The Labute approximate surface area is 160 Å². The molecule has 1 aliphatic heterocycles. The molecule has 0 radical (unpaired) electrons. The zero-order valence-corrected chi connectivity index (χ0v) is 16.7. The Morgan fingerprint density at radius 1 is 1.11 bits per heavy atom. The summed E-state index contributed by atoms with van der Waals surface area (Å²) in [6.45, 7) is 3.64. The molecule has 1 heterocycles. The van der Waals surface area contributed by atoms with E-state index in [1.54, 1.807) is 12.1 Å². The highest BCUT2D eigenvalue weighted by Gasteiger charge is 2.29. The second-order valence-electron chi connectivity index (χ2n) is 7.13. The molecule has 3 rings (SSSR count). The molecule has 2 aromatic carbocycles. The van der Waals surface area contributed by atoms with Crippen molar-refractivity contribution >= 4 is 21.6 Å². The number of hydrogen-bond acceptors (Lipinski definition) is 3. The van der Waals surface area contributed by atoms with Crippen molar-refractivity contribution in [1.82, 2.24) is 4.31 Å². The molecule has 0 saturated carbocycles. The smallest absolute Gasteiger partial charge is 0.282 e. The molecule has 144 valence electrons. The first-order chi connectivity index (χ1) is 12.8. The first-order valence-electron chi connectivity index (χ1n) is 9.04. The number of anilines is 1. The summed E-state index contributed by atoms with van der Waals surface area (Å²) in [5, 5.41) is 2.87. The number of nitrogens with one attached hydrogen (secondary N) is 2. The molecular formula is C20H26N3O3S+. The van der Waals surface area contributed by atoms with Crippen LogP contribution >= 0.6 is 0 Å². The molecule has 0 fully saturated rings. The first kappa shape index (κ1) is 19.5. The Hall–Kier alpha value is -2.22. The van der Waals surface area contributed by atoms with Crippen LogP contribution in [0.4, 0.5) is 5.69 Å². The third-order valence-corrected chi connectivity index (χ3v) is 6.95. The van der Waals surface area contributed by atoms with Crippen molar-refractivity contribution in [3.05, 3.63) is 59.7 Å². The van der Waals surface area contributed by atoms with Gasteiger partial charge in [0, 0.05) is 31.8 Å². The Morgan fingerprint density at radius 2 is 1.81 bits per heavy atom. The first-order valence-corrected chi connectivity index (χ1v) is 10.5. The third-order valence-electron chi connectivity index (χ3n) is 5.14. The summed E-state index contributed by atoms with van der Waals surface area (Å²) in [5.41, 5.74) is 3.14. The van der Waals surface area contributed by atoms with E-state index in [1.807, 2.05) is 13.0 Å². The standard InChI is InChI=1S/C20H25N3O3S/c1-15(23-12-11-16-7-4-5-8-17(16)14-23)20(24)21-18-9-6-10-19(13-18)27(25,26)22(2)3/h4-10,13,15H,11-12,14H2,1-3H3,(H,21,24)/p+1/t15-/m1/s1. The monoisotopic (exact) mass is 388 g/mol. The van der Waals surface area contributed by atoms with E-state index in [9.17, 15) is 13.2 Å². The number of fused-ring (bicyclic) bond motifs is 1. The van der Waals surface area contributed by atoms with Gasteiger partial charge in [-0.05, 0) is 30.7 Å². The average Bonchev–Trinajstić information content (AvgIpc) is 2.67. The zero-order chi connectivity index (χ0) is 19.6. The van der Waals surface area contributed by atoms with Crippen LogP contribution in [-0.2, 0) is 27.8 Å². The summed E-state index contributed by atoms with van der Waals surface area (Å²) in [7, 11) is -0.560. The molecule has 0 saturated heterocycles. The summed E-state index contributed by atoms with van der Waals surface area (Å²) in [6, 6.07) is 14.5. The number of benzene rings is 2. The van der Waals surface area contributed by atoms with Gasteiger partial charge in [0.2, 0.25) is 10.0 Å². The van der Waals surface area contributed by atoms with E-state index < -0.39 is 10.0 Å². The lowest BCUT2D eigenvalue weighted by Gasteiger charge is -2.30. The lowest BCUT2D eigenvalue weighted by molar-refractivity contribution is -0.929. The van der Waals surface area contributed by atoms with Gasteiger partial charge in [0.05, 0.1) is 11.4 Å². The molecule has 0 bridgehead atoms. The number of nitrogens with zero attached hydrogens (tertiary/aromatic N) is 1. The second kappa shape index (κ2) is 7.80. The highest BCUT2D eigenvalue weighted by molar-refractivity contribution is 7.89. The summed E-state index contributed by atoms with van der Waals surface area (Å²) in [4.78, 5) is 14.1. The van der Waals surface area contributed by atoms with Crippen LogP contribution < -0.4 is 10.2 Å². The van der Waals surface area contributed by atoms with Crippen molar-refractivity contribution in [2.75, 3.05) is 26.0 Å². The normalized spacial score (nSPS) is 18.0. The number of rotatable bonds is 5. The molecule has 1 aliphatic rings. The van der Waals surface area contributed by atoms with Gasteiger partial charge < -0.3 is 10.2 Å². The Bertz CT molecular complexity index is 941. The van der Waals surface area contributed by atoms with Gasteiger partial charge in [0.1, 0.15) is 6.54 Å². The van der Waals surface area contributed by atoms with Gasteiger partial charge in [-0.2, -0.15) is 0 Å². The van der Waals surface area contributed by atoms with E-state index in [-0.39, 0.29) is 16.8 Å². The maximum absolute atomic E-state index is 12.7. The van der Waals surface area contributed by atoms with Gasteiger partial charge in [-0.15, -0.1) is 0 Å². The predicted molar refractivity (Wildman–Crippen MR) is 105 cm³/mol. The Morgan fingerprint density at radius 3 is 2.52 bits per heavy atom.